The van der Waals surface area contributed by atoms with Crippen LogP contribution in [0.4, 0.5) is 5.69 Å². The summed E-state index contributed by atoms with van der Waals surface area (Å²) in [5.74, 6) is 1.20. The number of carbonyl (C=O) groups is 2. The average Bonchev–Trinajstić information content (AvgIpc) is 3.39. The van der Waals surface area contributed by atoms with Crippen LogP contribution in [0.15, 0.2) is 24.3 Å². The van der Waals surface area contributed by atoms with Crippen molar-refractivity contribution in [2.75, 3.05) is 38.1 Å². The average molecular weight is 333 g/mol. The predicted molar refractivity (Wildman–Crippen MR) is 94.1 cm³/mol. The lowest BCUT2D eigenvalue weighted by Crippen LogP contribution is -2.34. The van der Waals surface area contributed by atoms with Crippen molar-refractivity contribution in [3.63, 3.8) is 0 Å². The number of nitrogens with one attached hydrogen (secondary N) is 2. The van der Waals surface area contributed by atoms with Crippen molar-refractivity contribution >= 4 is 17.5 Å². The molecule has 24 heavy (non-hydrogen) atoms. The molecule has 0 heterocycles. The molecule has 0 aliphatic heterocycles. The first-order valence-corrected chi connectivity index (χ1v) is 8.63. The molecule has 0 unspecified atom stereocenters. The Bertz CT molecular complexity index is 554. The van der Waals surface area contributed by atoms with E-state index in [1.54, 1.807) is 29.2 Å². The van der Waals surface area contributed by atoms with E-state index in [0.29, 0.717) is 31.1 Å². The van der Waals surface area contributed by atoms with Crippen LogP contribution in [0.2, 0.25) is 0 Å². The monoisotopic (exact) mass is 333 g/mol. The van der Waals surface area contributed by atoms with Crippen LogP contribution in [0.3, 0.4) is 0 Å². The van der Waals surface area contributed by atoms with Crippen molar-refractivity contribution in [2.24, 2.45) is 5.92 Å². The topological polar surface area (TPSA) is 70.7 Å². The highest BCUT2D eigenvalue weighted by molar-refractivity contribution is 5.92. The van der Waals surface area contributed by atoms with Crippen LogP contribution in [0.5, 0.6) is 5.75 Å². The number of rotatable bonds is 10. The van der Waals surface area contributed by atoms with Crippen molar-refractivity contribution < 1.29 is 14.3 Å². The fourth-order valence-corrected chi connectivity index (χ4v) is 2.39. The van der Waals surface area contributed by atoms with Crippen molar-refractivity contribution in [1.82, 2.24) is 10.2 Å². The number of benzene rings is 1. The molecule has 0 spiro atoms. The van der Waals surface area contributed by atoms with Crippen molar-refractivity contribution in [1.29, 1.82) is 0 Å². The molecule has 1 aromatic rings. The minimum absolute atomic E-state index is 0.00201. The SMILES string of the molecule is CCN(CC)C(=O)COc1cccc(NC(=O)CNCC2CC2)c1. The summed E-state index contributed by atoms with van der Waals surface area (Å²) in [5.41, 5.74) is 0.668. The summed E-state index contributed by atoms with van der Waals surface area (Å²) in [6, 6.07) is 7.10. The predicted octanol–water partition coefficient (Wildman–Crippen LogP) is 1.87. The molecule has 1 aliphatic carbocycles. The Labute approximate surface area is 143 Å². The van der Waals surface area contributed by atoms with Crippen molar-refractivity contribution in [3.8, 4) is 5.75 Å². The van der Waals surface area contributed by atoms with Gasteiger partial charge in [-0.2, -0.15) is 0 Å². The molecule has 6 heteroatoms. The minimum Gasteiger partial charge on any atom is -0.484 e. The summed E-state index contributed by atoms with van der Waals surface area (Å²) in [6.07, 6.45) is 2.53. The van der Waals surface area contributed by atoms with E-state index in [4.69, 9.17) is 4.74 Å². The molecule has 1 aliphatic rings. The molecule has 1 saturated carbocycles. The standard InChI is InChI=1S/C18H27N3O3/c1-3-21(4-2)18(23)13-24-16-7-5-6-15(10-16)20-17(22)12-19-11-14-8-9-14/h5-7,10,14,19H,3-4,8-9,11-13H2,1-2H3,(H,20,22). The molecule has 0 aromatic heterocycles. The summed E-state index contributed by atoms with van der Waals surface area (Å²) < 4.78 is 5.54. The van der Waals surface area contributed by atoms with E-state index in [9.17, 15) is 9.59 Å². The van der Waals surface area contributed by atoms with Crippen molar-refractivity contribution in [3.05, 3.63) is 24.3 Å². The normalized spacial score (nSPS) is 13.4. The van der Waals surface area contributed by atoms with Gasteiger partial charge in [0.25, 0.3) is 5.91 Å². The number of likely N-dealkylation sites (N-methyl/N-ethyl adjacent to an activating group) is 1. The molecule has 2 N–H and O–H groups in total. The van der Waals surface area contributed by atoms with Gasteiger partial charge in [0.05, 0.1) is 6.54 Å². The molecule has 1 fully saturated rings. The van der Waals surface area contributed by atoms with E-state index in [1.165, 1.54) is 12.8 Å². The van der Waals surface area contributed by atoms with Crippen LogP contribution >= 0.6 is 0 Å². The fourth-order valence-electron chi connectivity index (χ4n) is 2.39. The Morgan fingerprint density at radius 2 is 2.00 bits per heavy atom. The van der Waals surface area contributed by atoms with Gasteiger partial charge in [-0.1, -0.05) is 6.07 Å². The van der Waals surface area contributed by atoms with Crippen LogP contribution in [0.1, 0.15) is 26.7 Å². The summed E-state index contributed by atoms with van der Waals surface area (Å²) in [7, 11) is 0. The first-order valence-electron chi connectivity index (χ1n) is 8.63. The van der Waals surface area contributed by atoms with Crippen LogP contribution in [0, 0.1) is 5.92 Å². The van der Waals surface area contributed by atoms with E-state index in [0.717, 1.165) is 12.5 Å². The molecule has 2 rings (SSSR count). The third-order valence-corrected chi connectivity index (χ3v) is 4.01. The van der Waals surface area contributed by atoms with Gasteiger partial charge in [-0.15, -0.1) is 0 Å². The van der Waals surface area contributed by atoms with Crippen LogP contribution < -0.4 is 15.4 Å². The maximum Gasteiger partial charge on any atom is 0.260 e. The smallest absolute Gasteiger partial charge is 0.260 e. The fraction of sp³-hybridized carbons (Fsp3) is 0.556. The molecular formula is C18H27N3O3. The Morgan fingerprint density at radius 1 is 1.25 bits per heavy atom. The highest BCUT2D eigenvalue weighted by atomic mass is 16.5. The quantitative estimate of drug-likeness (QED) is 0.686. The molecule has 0 bridgehead atoms. The second-order valence-electron chi connectivity index (χ2n) is 6.00. The number of nitrogens with zero attached hydrogens (tertiary/aromatic N) is 1. The first-order chi connectivity index (χ1) is 11.6. The van der Waals surface area contributed by atoms with E-state index in [2.05, 4.69) is 10.6 Å². The summed E-state index contributed by atoms with van der Waals surface area (Å²) in [4.78, 5) is 25.5. The number of carbonyl (C=O) groups excluding carboxylic acids is 2. The molecule has 0 saturated heterocycles. The second kappa shape index (κ2) is 9.27. The van der Waals surface area contributed by atoms with E-state index >= 15 is 0 Å². The van der Waals surface area contributed by atoms with Gasteiger partial charge in [0.15, 0.2) is 6.61 Å². The van der Waals surface area contributed by atoms with Gasteiger partial charge >= 0.3 is 0 Å². The van der Waals surface area contributed by atoms with Gasteiger partial charge in [-0.3, -0.25) is 9.59 Å². The molecule has 6 nitrogen and oxygen atoms in total. The lowest BCUT2D eigenvalue weighted by atomic mass is 10.3. The first kappa shape index (κ1) is 18.3. The van der Waals surface area contributed by atoms with E-state index in [-0.39, 0.29) is 18.4 Å². The maximum atomic E-state index is 11.9. The summed E-state index contributed by atoms with van der Waals surface area (Å²) >= 11 is 0. The number of hydrogen-bond acceptors (Lipinski definition) is 4. The Morgan fingerprint density at radius 3 is 2.67 bits per heavy atom. The van der Waals surface area contributed by atoms with Gasteiger partial charge in [0, 0.05) is 24.8 Å². The Balaban J connectivity index is 1.77. The number of anilines is 1. The molecular weight excluding hydrogens is 306 g/mol. The summed E-state index contributed by atoms with van der Waals surface area (Å²) in [5, 5.41) is 5.99. The van der Waals surface area contributed by atoms with Gasteiger partial charge in [-0.05, 0) is 51.3 Å². The van der Waals surface area contributed by atoms with Gasteiger partial charge < -0.3 is 20.3 Å². The van der Waals surface area contributed by atoms with Crippen LogP contribution in [-0.2, 0) is 9.59 Å². The Hall–Kier alpha value is -2.08. The number of hydrogen-bond donors (Lipinski definition) is 2. The zero-order chi connectivity index (χ0) is 17.4. The van der Waals surface area contributed by atoms with Crippen LogP contribution in [0.25, 0.3) is 0 Å². The van der Waals surface area contributed by atoms with Gasteiger partial charge in [0.2, 0.25) is 5.91 Å². The Kier molecular flexibility index (Phi) is 7.06. The summed E-state index contributed by atoms with van der Waals surface area (Å²) in [6.45, 7) is 6.43. The zero-order valence-electron chi connectivity index (χ0n) is 14.5. The molecule has 2 amide bonds. The van der Waals surface area contributed by atoms with E-state index in [1.807, 2.05) is 13.8 Å². The van der Waals surface area contributed by atoms with Crippen molar-refractivity contribution in [2.45, 2.75) is 26.7 Å². The van der Waals surface area contributed by atoms with Gasteiger partial charge in [0.1, 0.15) is 5.75 Å². The lowest BCUT2D eigenvalue weighted by molar-refractivity contribution is -0.133. The maximum absolute atomic E-state index is 11.9. The van der Waals surface area contributed by atoms with Gasteiger partial charge in [-0.25, -0.2) is 0 Å². The zero-order valence-corrected chi connectivity index (χ0v) is 14.5. The number of amides is 2. The highest BCUT2D eigenvalue weighted by Gasteiger charge is 2.20. The second-order valence-corrected chi connectivity index (χ2v) is 6.00. The minimum atomic E-state index is -0.0768. The highest BCUT2D eigenvalue weighted by Crippen LogP contribution is 2.27. The lowest BCUT2D eigenvalue weighted by Gasteiger charge is -2.18. The molecule has 1 aromatic carbocycles. The van der Waals surface area contributed by atoms with Crippen LogP contribution in [-0.4, -0.2) is 49.5 Å². The third-order valence-electron chi connectivity index (χ3n) is 4.01. The third kappa shape index (κ3) is 6.20. The molecule has 0 radical (unpaired) electrons. The molecule has 132 valence electrons. The van der Waals surface area contributed by atoms with E-state index < -0.39 is 0 Å². The largest absolute Gasteiger partial charge is 0.484 e. The number of ether oxygens (including phenoxy) is 1. The molecule has 0 atom stereocenters.